The normalized spacial score (nSPS) is 11.0. The van der Waals surface area contributed by atoms with E-state index < -0.39 is 9.84 Å². The zero-order valence-electron chi connectivity index (χ0n) is 14.8. The first kappa shape index (κ1) is 19.7. The lowest BCUT2D eigenvalue weighted by atomic mass is 10.1. The Kier molecular flexibility index (Phi) is 6.52. The maximum atomic E-state index is 12.3. The first-order valence-electron chi connectivity index (χ1n) is 8.29. The van der Waals surface area contributed by atoms with Crippen molar-refractivity contribution in [2.75, 3.05) is 16.4 Å². The SMILES string of the molecule is CCc1ccc(NC(=O)CCS(=O)(=O)c2ccc(NC(C)=O)cc2)cc1. The Morgan fingerprint density at radius 1 is 0.885 bits per heavy atom. The van der Waals surface area contributed by atoms with E-state index in [0.717, 1.165) is 12.0 Å². The van der Waals surface area contributed by atoms with Crippen LogP contribution in [0.2, 0.25) is 0 Å². The van der Waals surface area contributed by atoms with E-state index in [0.29, 0.717) is 11.4 Å². The van der Waals surface area contributed by atoms with Gasteiger partial charge in [0.2, 0.25) is 11.8 Å². The molecule has 0 radical (unpaired) electrons. The van der Waals surface area contributed by atoms with E-state index in [4.69, 9.17) is 0 Å². The number of anilines is 2. The molecule has 0 aliphatic rings. The van der Waals surface area contributed by atoms with Crippen molar-refractivity contribution in [1.29, 1.82) is 0 Å². The summed E-state index contributed by atoms with van der Waals surface area (Å²) < 4.78 is 24.7. The molecule has 0 spiro atoms. The standard InChI is InChI=1S/C19H22N2O4S/c1-3-15-4-6-17(7-5-15)21-19(23)12-13-26(24,25)18-10-8-16(9-11-18)20-14(2)22/h4-11H,3,12-13H2,1-2H3,(H,20,22)(H,21,23). The van der Waals surface area contributed by atoms with E-state index in [9.17, 15) is 18.0 Å². The van der Waals surface area contributed by atoms with Crippen molar-refractivity contribution in [3.8, 4) is 0 Å². The van der Waals surface area contributed by atoms with Crippen molar-refractivity contribution >= 4 is 33.0 Å². The molecule has 2 aromatic rings. The Balaban J connectivity index is 1.93. The maximum Gasteiger partial charge on any atom is 0.225 e. The highest BCUT2D eigenvalue weighted by Gasteiger charge is 2.16. The van der Waals surface area contributed by atoms with Gasteiger partial charge in [0.15, 0.2) is 9.84 Å². The lowest BCUT2D eigenvalue weighted by Gasteiger charge is -2.08. The molecule has 2 N–H and O–H groups in total. The topological polar surface area (TPSA) is 92.3 Å². The van der Waals surface area contributed by atoms with Crippen molar-refractivity contribution in [3.05, 3.63) is 54.1 Å². The average molecular weight is 374 g/mol. The fourth-order valence-electron chi connectivity index (χ4n) is 2.34. The predicted molar refractivity (Wildman–Crippen MR) is 102 cm³/mol. The first-order chi connectivity index (χ1) is 12.3. The molecule has 2 aromatic carbocycles. The number of hydrogen-bond donors (Lipinski definition) is 2. The van der Waals surface area contributed by atoms with Gasteiger partial charge in [-0.05, 0) is 48.4 Å². The molecule has 0 atom stereocenters. The highest BCUT2D eigenvalue weighted by molar-refractivity contribution is 7.91. The van der Waals surface area contributed by atoms with E-state index in [-0.39, 0.29) is 28.9 Å². The van der Waals surface area contributed by atoms with E-state index in [1.165, 1.54) is 31.2 Å². The number of benzene rings is 2. The van der Waals surface area contributed by atoms with Crippen LogP contribution in [0.15, 0.2) is 53.4 Å². The highest BCUT2D eigenvalue weighted by atomic mass is 32.2. The van der Waals surface area contributed by atoms with Crippen LogP contribution in [0.5, 0.6) is 0 Å². The Bertz CT molecular complexity index is 873. The number of sulfone groups is 1. The molecule has 7 heteroatoms. The molecule has 0 saturated carbocycles. The van der Waals surface area contributed by atoms with Crippen LogP contribution >= 0.6 is 0 Å². The number of amides is 2. The lowest BCUT2D eigenvalue weighted by Crippen LogP contribution is -2.17. The van der Waals surface area contributed by atoms with Crippen LogP contribution in [0.4, 0.5) is 11.4 Å². The minimum atomic E-state index is -3.58. The molecule has 0 saturated heterocycles. The Morgan fingerprint density at radius 3 is 1.96 bits per heavy atom. The Labute approximate surface area is 153 Å². The smallest absolute Gasteiger partial charge is 0.225 e. The van der Waals surface area contributed by atoms with Gasteiger partial charge in [0.05, 0.1) is 10.6 Å². The van der Waals surface area contributed by atoms with Gasteiger partial charge in [-0.3, -0.25) is 9.59 Å². The molecule has 2 rings (SSSR count). The number of nitrogens with one attached hydrogen (secondary N) is 2. The molecule has 6 nitrogen and oxygen atoms in total. The van der Waals surface area contributed by atoms with Crippen molar-refractivity contribution in [3.63, 3.8) is 0 Å². The number of carbonyl (C=O) groups excluding carboxylic acids is 2. The molecule has 0 bridgehead atoms. The quantitative estimate of drug-likeness (QED) is 0.779. The summed E-state index contributed by atoms with van der Waals surface area (Å²) in [4.78, 5) is 23.1. The van der Waals surface area contributed by atoms with Crippen LogP contribution in [0.3, 0.4) is 0 Å². The number of hydrogen-bond acceptors (Lipinski definition) is 4. The third-order valence-corrected chi connectivity index (χ3v) is 5.51. The summed E-state index contributed by atoms with van der Waals surface area (Å²) >= 11 is 0. The summed E-state index contributed by atoms with van der Waals surface area (Å²) in [5, 5.41) is 5.27. The van der Waals surface area contributed by atoms with E-state index >= 15 is 0 Å². The van der Waals surface area contributed by atoms with Crippen molar-refractivity contribution < 1.29 is 18.0 Å². The van der Waals surface area contributed by atoms with Gasteiger partial charge in [0.1, 0.15) is 0 Å². The Morgan fingerprint density at radius 2 is 1.42 bits per heavy atom. The summed E-state index contributed by atoms with van der Waals surface area (Å²) in [6, 6.07) is 13.3. The second kappa shape index (κ2) is 8.62. The largest absolute Gasteiger partial charge is 0.326 e. The molecule has 2 amide bonds. The molecule has 26 heavy (non-hydrogen) atoms. The van der Waals surface area contributed by atoms with Gasteiger partial charge >= 0.3 is 0 Å². The number of rotatable bonds is 7. The predicted octanol–water partition coefficient (Wildman–Crippen LogP) is 3.01. The number of carbonyl (C=O) groups is 2. The van der Waals surface area contributed by atoms with Crippen molar-refractivity contribution in [1.82, 2.24) is 0 Å². The molecule has 0 aliphatic carbocycles. The Hall–Kier alpha value is -2.67. The molecule has 0 heterocycles. The molecular weight excluding hydrogens is 352 g/mol. The third-order valence-electron chi connectivity index (χ3n) is 3.78. The van der Waals surface area contributed by atoms with E-state index in [1.54, 1.807) is 12.1 Å². The summed E-state index contributed by atoms with van der Waals surface area (Å²) in [6.07, 6.45) is 0.776. The van der Waals surface area contributed by atoms with Gasteiger partial charge in [-0.1, -0.05) is 19.1 Å². The van der Waals surface area contributed by atoms with Crippen LogP contribution in [-0.4, -0.2) is 26.0 Å². The summed E-state index contributed by atoms with van der Waals surface area (Å²) in [5.41, 5.74) is 2.32. The minimum absolute atomic E-state index is 0.117. The lowest BCUT2D eigenvalue weighted by molar-refractivity contribution is -0.116. The highest BCUT2D eigenvalue weighted by Crippen LogP contribution is 2.17. The van der Waals surface area contributed by atoms with Crippen LogP contribution in [0, 0.1) is 0 Å². The van der Waals surface area contributed by atoms with Gasteiger partial charge in [0, 0.05) is 24.7 Å². The maximum absolute atomic E-state index is 12.3. The molecule has 138 valence electrons. The van der Waals surface area contributed by atoms with Gasteiger partial charge in [-0.15, -0.1) is 0 Å². The molecule has 0 fully saturated rings. The van der Waals surface area contributed by atoms with Gasteiger partial charge in [-0.2, -0.15) is 0 Å². The fraction of sp³-hybridized carbons (Fsp3) is 0.263. The van der Waals surface area contributed by atoms with Gasteiger partial charge < -0.3 is 10.6 Å². The third kappa shape index (κ3) is 5.70. The first-order valence-corrected chi connectivity index (χ1v) is 9.94. The fourth-order valence-corrected chi connectivity index (χ4v) is 3.58. The summed E-state index contributed by atoms with van der Waals surface area (Å²) in [6.45, 7) is 3.42. The molecular formula is C19H22N2O4S. The minimum Gasteiger partial charge on any atom is -0.326 e. The zero-order valence-corrected chi connectivity index (χ0v) is 15.6. The van der Waals surface area contributed by atoms with E-state index in [1.807, 2.05) is 19.1 Å². The van der Waals surface area contributed by atoms with Crippen LogP contribution in [-0.2, 0) is 25.8 Å². The summed E-state index contributed by atoms with van der Waals surface area (Å²) in [5.74, 6) is -0.873. The zero-order chi connectivity index (χ0) is 19.2. The second-order valence-electron chi connectivity index (χ2n) is 5.87. The van der Waals surface area contributed by atoms with Crippen LogP contribution in [0.1, 0.15) is 25.8 Å². The van der Waals surface area contributed by atoms with Gasteiger partial charge in [0.25, 0.3) is 0 Å². The van der Waals surface area contributed by atoms with E-state index in [2.05, 4.69) is 10.6 Å². The van der Waals surface area contributed by atoms with Crippen LogP contribution < -0.4 is 10.6 Å². The van der Waals surface area contributed by atoms with Crippen LogP contribution in [0.25, 0.3) is 0 Å². The van der Waals surface area contributed by atoms with Crippen molar-refractivity contribution in [2.24, 2.45) is 0 Å². The summed E-state index contributed by atoms with van der Waals surface area (Å²) in [7, 11) is -3.58. The monoisotopic (exact) mass is 374 g/mol. The second-order valence-corrected chi connectivity index (χ2v) is 7.98. The number of aryl methyl sites for hydroxylation is 1. The van der Waals surface area contributed by atoms with Crippen molar-refractivity contribution in [2.45, 2.75) is 31.6 Å². The molecule has 0 aliphatic heterocycles. The molecule has 0 aromatic heterocycles. The molecule has 0 unspecified atom stereocenters. The average Bonchev–Trinajstić information content (AvgIpc) is 2.61. The van der Waals surface area contributed by atoms with Gasteiger partial charge in [-0.25, -0.2) is 8.42 Å².